The summed E-state index contributed by atoms with van der Waals surface area (Å²) in [5.74, 6) is 1.36. The first-order chi connectivity index (χ1) is 9.56. The van der Waals surface area contributed by atoms with Gasteiger partial charge in [0.05, 0.1) is 17.8 Å². The van der Waals surface area contributed by atoms with Crippen molar-refractivity contribution in [3.8, 4) is 0 Å². The summed E-state index contributed by atoms with van der Waals surface area (Å²) in [6.07, 6.45) is 4.93. The van der Waals surface area contributed by atoms with Crippen molar-refractivity contribution in [2.24, 2.45) is 7.05 Å². The first-order valence-corrected chi connectivity index (χ1v) is 6.95. The zero-order valence-corrected chi connectivity index (χ0v) is 12.1. The Kier molecular flexibility index (Phi) is 3.12. The van der Waals surface area contributed by atoms with E-state index in [4.69, 9.17) is 4.42 Å². The van der Waals surface area contributed by atoms with Crippen LogP contribution in [0.1, 0.15) is 52.0 Å². The molecule has 5 heteroatoms. The van der Waals surface area contributed by atoms with Gasteiger partial charge in [-0.2, -0.15) is 5.10 Å². The van der Waals surface area contributed by atoms with Crippen LogP contribution in [0.2, 0.25) is 0 Å². The summed E-state index contributed by atoms with van der Waals surface area (Å²) < 4.78 is 7.32. The van der Waals surface area contributed by atoms with Gasteiger partial charge in [0.1, 0.15) is 11.5 Å². The molecule has 1 amide bonds. The molecule has 3 rings (SSSR count). The zero-order chi connectivity index (χ0) is 14.3. The maximum atomic E-state index is 12.4. The molecule has 0 aliphatic heterocycles. The Morgan fingerprint density at radius 3 is 3.00 bits per heavy atom. The fraction of sp³-hybridized carbons (Fsp3) is 0.467. The van der Waals surface area contributed by atoms with Crippen LogP contribution >= 0.6 is 0 Å². The monoisotopic (exact) mass is 273 g/mol. The number of aryl methyl sites for hydroxylation is 3. The van der Waals surface area contributed by atoms with Crippen molar-refractivity contribution in [3.63, 3.8) is 0 Å². The molecule has 0 fully saturated rings. The summed E-state index contributed by atoms with van der Waals surface area (Å²) in [5, 5.41) is 7.40. The highest BCUT2D eigenvalue weighted by atomic mass is 16.3. The van der Waals surface area contributed by atoms with Gasteiger partial charge in [0.25, 0.3) is 5.91 Å². The maximum Gasteiger partial charge on any atom is 0.255 e. The van der Waals surface area contributed by atoms with Crippen LogP contribution in [0.5, 0.6) is 0 Å². The van der Waals surface area contributed by atoms with Crippen LogP contribution in [0.4, 0.5) is 0 Å². The summed E-state index contributed by atoms with van der Waals surface area (Å²) in [5.41, 5.74) is 2.99. The predicted octanol–water partition coefficient (Wildman–Crippen LogP) is 2.44. The number of hydrogen-bond acceptors (Lipinski definition) is 3. The van der Waals surface area contributed by atoms with Crippen molar-refractivity contribution in [2.75, 3.05) is 0 Å². The predicted molar refractivity (Wildman–Crippen MR) is 74.5 cm³/mol. The van der Waals surface area contributed by atoms with Crippen molar-refractivity contribution in [1.29, 1.82) is 0 Å². The minimum absolute atomic E-state index is 0.0505. The second-order valence-corrected chi connectivity index (χ2v) is 5.42. The molecule has 0 saturated carbocycles. The second-order valence-electron chi connectivity index (χ2n) is 5.42. The third-order valence-corrected chi connectivity index (χ3v) is 3.97. The molecule has 20 heavy (non-hydrogen) atoms. The molecule has 0 bridgehead atoms. The molecule has 0 aromatic carbocycles. The number of carbonyl (C=O) groups is 1. The lowest BCUT2D eigenvalue weighted by atomic mass is 9.93. The molecule has 2 heterocycles. The van der Waals surface area contributed by atoms with Gasteiger partial charge >= 0.3 is 0 Å². The standard InChI is InChI=1S/C15H19N3O2/c1-9-7-11(10(2)20-9)15(19)17-13-5-4-6-14-12(13)8-16-18(14)3/h7-8,13H,4-6H2,1-3H3,(H,17,19)/t13-/m0/s1. The van der Waals surface area contributed by atoms with Gasteiger partial charge in [-0.05, 0) is 39.2 Å². The van der Waals surface area contributed by atoms with E-state index < -0.39 is 0 Å². The number of aromatic nitrogens is 2. The number of furan rings is 1. The quantitative estimate of drug-likeness (QED) is 0.914. The summed E-state index contributed by atoms with van der Waals surface area (Å²) >= 11 is 0. The summed E-state index contributed by atoms with van der Waals surface area (Å²) in [7, 11) is 1.95. The van der Waals surface area contributed by atoms with E-state index in [9.17, 15) is 4.79 Å². The molecule has 0 radical (unpaired) electrons. The van der Waals surface area contributed by atoms with Gasteiger partial charge < -0.3 is 9.73 Å². The largest absolute Gasteiger partial charge is 0.466 e. The van der Waals surface area contributed by atoms with E-state index in [1.807, 2.05) is 31.8 Å². The number of carbonyl (C=O) groups excluding carboxylic acids is 1. The average Bonchev–Trinajstić information content (AvgIpc) is 2.94. The Balaban J connectivity index is 1.82. The van der Waals surface area contributed by atoms with Gasteiger partial charge in [-0.3, -0.25) is 9.48 Å². The minimum Gasteiger partial charge on any atom is -0.466 e. The molecule has 1 aliphatic rings. The number of fused-ring (bicyclic) bond motifs is 1. The van der Waals surface area contributed by atoms with Crippen LogP contribution in [0.3, 0.4) is 0 Å². The van der Waals surface area contributed by atoms with Crippen molar-refractivity contribution >= 4 is 5.91 Å². The molecular weight excluding hydrogens is 254 g/mol. The van der Waals surface area contributed by atoms with E-state index in [-0.39, 0.29) is 11.9 Å². The van der Waals surface area contributed by atoms with Gasteiger partial charge in [-0.15, -0.1) is 0 Å². The van der Waals surface area contributed by atoms with E-state index >= 15 is 0 Å². The molecule has 2 aromatic rings. The van der Waals surface area contributed by atoms with E-state index in [1.165, 1.54) is 5.69 Å². The molecule has 1 N–H and O–H groups in total. The van der Waals surface area contributed by atoms with E-state index in [1.54, 1.807) is 6.07 Å². The van der Waals surface area contributed by atoms with Crippen LogP contribution in [0, 0.1) is 13.8 Å². The normalized spacial score (nSPS) is 17.9. The highest BCUT2D eigenvalue weighted by Gasteiger charge is 2.26. The topological polar surface area (TPSA) is 60.1 Å². The van der Waals surface area contributed by atoms with Crippen LogP contribution in [-0.2, 0) is 13.5 Å². The molecule has 1 atom stereocenters. The SMILES string of the molecule is Cc1cc(C(=O)N[C@H]2CCCc3c2cnn3C)c(C)o1. The Morgan fingerprint density at radius 2 is 2.30 bits per heavy atom. The Hall–Kier alpha value is -2.04. The van der Waals surface area contributed by atoms with Crippen LogP contribution < -0.4 is 5.32 Å². The van der Waals surface area contributed by atoms with Gasteiger partial charge in [-0.1, -0.05) is 0 Å². The van der Waals surface area contributed by atoms with Crippen LogP contribution in [0.25, 0.3) is 0 Å². The number of nitrogens with one attached hydrogen (secondary N) is 1. The third-order valence-electron chi connectivity index (χ3n) is 3.97. The van der Waals surface area contributed by atoms with Gasteiger partial charge in [0.2, 0.25) is 0 Å². The summed E-state index contributed by atoms with van der Waals surface area (Å²) in [6, 6.07) is 1.84. The smallest absolute Gasteiger partial charge is 0.255 e. The lowest BCUT2D eigenvalue weighted by Gasteiger charge is -2.23. The van der Waals surface area contributed by atoms with E-state index in [2.05, 4.69) is 10.4 Å². The first-order valence-electron chi connectivity index (χ1n) is 6.95. The molecule has 0 saturated heterocycles. The molecule has 106 valence electrons. The fourth-order valence-electron chi connectivity index (χ4n) is 2.95. The summed E-state index contributed by atoms with van der Waals surface area (Å²) in [4.78, 5) is 12.4. The van der Waals surface area contributed by atoms with E-state index in [0.29, 0.717) is 11.3 Å². The molecule has 5 nitrogen and oxygen atoms in total. The second kappa shape index (κ2) is 4.81. The molecule has 1 aliphatic carbocycles. The van der Waals surface area contributed by atoms with Gasteiger partial charge in [0.15, 0.2) is 0 Å². The third kappa shape index (κ3) is 2.13. The lowest BCUT2D eigenvalue weighted by Crippen LogP contribution is -2.31. The Morgan fingerprint density at radius 1 is 1.50 bits per heavy atom. The average molecular weight is 273 g/mol. The maximum absolute atomic E-state index is 12.4. The van der Waals surface area contributed by atoms with Crippen molar-refractivity contribution in [2.45, 2.75) is 39.2 Å². The fourth-order valence-corrected chi connectivity index (χ4v) is 2.95. The molecule has 0 spiro atoms. The Labute approximate surface area is 118 Å². The minimum atomic E-state index is -0.0685. The summed E-state index contributed by atoms with van der Waals surface area (Å²) in [6.45, 7) is 3.67. The van der Waals surface area contributed by atoms with Crippen molar-refractivity contribution < 1.29 is 9.21 Å². The number of nitrogens with zero attached hydrogens (tertiary/aromatic N) is 2. The first kappa shape index (κ1) is 13.0. The molecule has 2 aromatic heterocycles. The van der Waals surface area contributed by atoms with Crippen LogP contribution in [-0.4, -0.2) is 15.7 Å². The zero-order valence-electron chi connectivity index (χ0n) is 12.1. The van der Waals surface area contributed by atoms with Crippen molar-refractivity contribution in [3.05, 3.63) is 40.6 Å². The number of amides is 1. The molecule has 0 unspecified atom stereocenters. The van der Waals surface area contributed by atoms with Crippen LogP contribution in [0.15, 0.2) is 16.7 Å². The Bertz CT molecular complexity index is 654. The number of rotatable bonds is 2. The number of hydrogen-bond donors (Lipinski definition) is 1. The lowest BCUT2D eigenvalue weighted by molar-refractivity contribution is 0.0931. The highest BCUT2D eigenvalue weighted by molar-refractivity contribution is 5.95. The highest BCUT2D eigenvalue weighted by Crippen LogP contribution is 2.29. The van der Waals surface area contributed by atoms with E-state index in [0.717, 1.165) is 30.6 Å². The van der Waals surface area contributed by atoms with Gasteiger partial charge in [0, 0.05) is 18.3 Å². The van der Waals surface area contributed by atoms with Crippen molar-refractivity contribution in [1.82, 2.24) is 15.1 Å². The molecular formula is C15H19N3O2. The van der Waals surface area contributed by atoms with Gasteiger partial charge in [-0.25, -0.2) is 0 Å².